The first kappa shape index (κ1) is 20.2. The molecule has 142 valence electrons. The molecule has 1 atom stereocenters. The van der Waals surface area contributed by atoms with E-state index in [4.69, 9.17) is 9.47 Å². The highest BCUT2D eigenvalue weighted by Crippen LogP contribution is 2.20. The minimum Gasteiger partial charge on any atom is -0.496 e. The zero-order valence-electron chi connectivity index (χ0n) is 15.8. The standard InChI is InChI=1S/C22H25NO4/c1-16(2)27-22(25)15-19(17-9-5-4-6-10-17)23-21(24)14-13-18-11-7-8-12-20(18)26-3/h4-14,16,19H,15H2,1-3H3,(H,23,24)/b14-13+. The number of ether oxygens (including phenoxy) is 2. The average molecular weight is 367 g/mol. The molecule has 5 heteroatoms. The fraction of sp³-hybridized carbons (Fsp3) is 0.273. The summed E-state index contributed by atoms with van der Waals surface area (Å²) < 4.78 is 10.5. The molecule has 0 saturated carbocycles. The molecule has 5 nitrogen and oxygen atoms in total. The summed E-state index contributed by atoms with van der Waals surface area (Å²) in [6.07, 6.45) is 2.98. The van der Waals surface area contributed by atoms with Gasteiger partial charge in [0.05, 0.1) is 25.7 Å². The van der Waals surface area contributed by atoms with Crippen LogP contribution in [0.15, 0.2) is 60.7 Å². The van der Waals surface area contributed by atoms with Crippen LogP contribution in [0, 0.1) is 0 Å². The number of hydrogen-bond donors (Lipinski definition) is 1. The lowest BCUT2D eigenvalue weighted by Crippen LogP contribution is -2.29. The van der Waals surface area contributed by atoms with E-state index in [9.17, 15) is 9.59 Å². The van der Waals surface area contributed by atoms with Crippen molar-refractivity contribution in [1.29, 1.82) is 0 Å². The maximum Gasteiger partial charge on any atom is 0.308 e. The third-order valence-corrected chi connectivity index (χ3v) is 3.81. The van der Waals surface area contributed by atoms with E-state index in [1.807, 2.05) is 54.6 Å². The molecule has 2 aromatic rings. The predicted octanol–water partition coefficient (Wildman–Crippen LogP) is 3.91. The highest BCUT2D eigenvalue weighted by atomic mass is 16.5. The van der Waals surface area contributed by atoms with Crippen LogP contribution >= 0.6 is 0 Å². The lowest BCUT2D eigenvalue weighted by molar-refractivity contribution is -0.148. The van der Waals surface area contributed by atoms with Gasteiger partial charge >= 0.3 is 5.97 Å². The van der Waals surface area contributed by atoms with Gasteiger partial charge in [-0.05, 0) is 31.6 Å². The minimum atomic E-state index is -0.465. The van der Waals surface area contributed by atoms with E-state index in [0.717, 1.165) is 11.1 Å². The van der Waals surface area contributed by atoms with Crippen LogP contribution in [-0.4, -0.2) is 25.1 Å². The number of hydrogen-bond acceptors (Lipinski definition) is 4. The lowest BCUT2D eigenvalue weighted by atomic mass is 10.0. The number of para-hydroxylation sites is 1. The Labute approximate surface area is 160 Å². The van der Waals surface area contributed by atoms with E-state index in [1.165, 1.54) is 6.08 Å². The Hall–Kier alpha value is -3.08. The normalized spacial score (nSPS) is 12.0. The van der Waals surface area contributed by atoms with Crippen LogP contribution < -0.4 is 10.1 Å². The van der Waals surface area contributed by atoms with Crippen molar-refractivity contribution in [3.05, 3.63) is 71.8 Å². The average Bonchev–Trinajstić information content (AvgIpc) is 2.66. The predicted molar refractivity (Wildman–Crippen MR) is 105 cm³/mol. The maximum absolute atomic E-state index is 12.4. The summed E-state index contributed by atoms with van der Waals surface area (Å²) in [5, 5.41) is 2.88. The van der Waals surface area contributed by atoms with Crippen LogP contribution in [0.5, 0.6) is 5.75 Å². The molecule has 1 amide bonds. The van der Waals surface area contributed by atoms with Gasteiger partial charge in [0.2, 0.25) is 5.91 Å². The van der Waals surface area contributed by atoms with E-state index >= 15 is 0 Å². The van der Waals surface area contributed by atoms with Crippen LogP contribution in [0.25, 0.3) is 6.08 Å². The number of carbonyl (C=O) groups is 2. The van der Waals surface area contributed by atoms with E-state index in [1.54, 1.807) is 27.0 Å². The Morgan fingerprint density at radius 2 is 1.70 bits per heavy atom. The van der Waals surface area contributed by atoms with Crippen molar-refractivity contribution in [2.24, 2.45) is 0 Å². The fourth-order valence-corrected chi connectivity index (χ4v) is 2.60. The van der Waals surface area contributed by atoms with Crippen LogP contribution in [0.4, 0.5) is 0 Å². The Morgan fingerprint density at radius 3 is 2.37 bits per heavy atom. The van der Waals surface area contributed by atoms with Gasteiger partial charge < -0.3 is 14.8 Å². The Balaban J connectivity index is 2.10. The molecule has 0 heterocycles. The van der Waals surface area contributed by atoms with Gasteiger partial charge in [-0.25, -0.2) is 0 Å². The second kappa shape index (κ2) is 10.2. The molecule has 0 aliphatic carbocycles. The second-order valence-corrected chi connectivity index (χ2v) is 6.29. The highest BCUT2D eigenvalue weighted by molar-refractivity contribution is 5.92. The summed E-state index contributed by atoms with van der Waals surface area (Å²) in [5.74, 6) is 0.0293. The van der Waals surface area contributed by atoms with Crippen molar-refractivity contribution in [1.82, 2.24) is 5.32 Å². The van der Waals surface area contributed by atoms with Gasteiger partial charge in [-0.3, -0.25) is 9.59 Å². The third kappa shape index (κ3) is 6.62. The number of carbonyl (C=O) groups excluding carboxylic acids is 2. The molecule has 1 N–H and O–H groups in total. The van der Waals surface area contributed by atoms with Crippen LogP contribution in [0.2, 0.25) is 0 Å². The number of rotatable bonds is 8. The molecular formula is C22H25NO4. The third-order valence-electron chi connectivity index (χ3n) is 3.81. The molecule has 0 aliphatic rings. The Morgan fingerprint density at radius 1 is 1.04 bits per heavy atom. The van der Waals surface area contributed by atoms with Crippen LogP contribution in [0.1, 0.15) is 37.4 Å². The van der Waals surface area contributed by atoms with Crippen molar-refractivity contribution >= 4 is 18.0 Å². The minimum absolute atomic E-state index is 0.0659. The van der Waals surface area contributed by atoms with Crippen molar-refractivity contribution in [2.45, 2.75) is 32.4 Å². The van der Waals surface area contributed by atoms with Crippen molar-refractivity contribution in [2.75, 3.05) is 7.11 Å². The number of methoxy groups -OCH3 is 1. The van der Waals surface area contributed by atoms with Crippen LogP contribution in [0.3, 0.4) is 0 Å². The molecular weight excluding hydrogens is 342 g/mol. The van der Waals surface area contributed by atoms with Gasteiger partial charge in [0, 0.05) is 11.6 Å². The molecule has 0 aliphatic heterocycles. The number of amides is 1. The first-order valence-electron chi connectivity index (χ1n) is 8.85. The van der Waals surface area contributed by atoms with Gasteiger partial charge in [0.25, 0.3) is 0 Å². The molecule has 0 saturated heterocycles. The summed E-state index contributed by atoms with van der Waals surface area (Å²) in [6.45, 7) is 3.59. The summed E-state index contributed by atoms with van der Waals surface area (Å²) in [5.41, 5.74) is 1.64. The number of esters is 1. The molecule has 2 aromatic carbocycles. The smallest absolute Gasteiger partial charge is 0.308 e. The number of nitrogens with one attached hydrogen (secondary N) is 1. The first-order chi connectivity index (χ1) is 13.0. The second-order valence-electron chi connectivity index (χ2n) is 6.29. The fourth-order valence-electron chi connectivity index (χ4n) is 2.60. The maximum atomic E-state index is 12.4. The number of benzene rings is 2. The van der Waals surface area contributed by atoms with E-state index < -0.39 is 6.04 Å². The quantitative estimate of drug-likeness (QED) is 0.568. The van der Waals surface area contributed by atoms with Gasteiger partial charge in [-0.2, -0.15) is 0 Å². The van der Waals surface area contributed by atoms with E-state index in [0.29, 0.717) is 5.75 Å². The molecule has 0 radical (unpaired) electrons. The van der Waals surface area contributed by atoms with Gasteiger partial charge in [0.15, 0.2) is 0 Å². The zero-order valence-corrected chi connectivity index (χ0v) is 15.8. The Kier molecular flexibility index (Phi) is 7.62. The monoisotopic (exact) mass is 367 g/mol. The van der Waals surface area contributed by atoms with Gasteiger partial charge in [0.1, 0.15) is 5.75 Å². The molecule has 0 bridgehead atoms. The molecule has 0 fully saturated rings. The van der Waals surface area contributed by atoms with Crippen molar-refractivity contribution in [3.8, 4) is 5.75 Å². The molecule has 27 heavy (non-hydrogen) atoms. The largest absolute Gasteiger partial charge is 0.496 e. The summed E-state index contributed by atoms with van der Waals surface area (Å²) in [6, 6.07) is 16.3. The van der Waals surface area contributed by atoms with Gasteiger partial charge in [-0.1, -0.05) is 48.5 Å². The molecule has 1 unspecified atom stereocenters. The van der Waals surface area contributed by atoms with E-state index in [2.05, 4.69) is 5.32 Å². The summed E-state index contributed by atoms with van der Waals surface area (Å²) >= 11 is 0. The summed E-state index contributed by atoms with van der Waals surface area (Å²) in [7, 11) is 1.58. The van der Waals surface area contributed by atoms with E-state index in [-0.39, 0.29) is 24.4 Å². The summed E-state index contributed by atoms with van der Waals surface area (Å²) in [4.78, 5) is 24.5. The van der Waals surface area contributed by atoms with Crippen molar-refractivity contribution < 1.29 is 19.1 Å². The molecule has 0 aromatic heterocycles. The molecule has 2 rings (SSSR count). The lowest BCUT2D eigenvalue weighted by Gasteiger charge is -2.18. The van der Waals surface area contributed by atoms with Crippen molar-refractivity contribution in [3.63, 3.8) is 0 Å². The topological polar surface area (TPSA) is 64.6 Å². The Bertz CT molecular complexity index is 784. The SMILES string of the molecule is COc1ccccc1/C=C/C(=O)NC(CC(=O)OC(C)C)c1ccccc1. The van der Waals surface area contributed by atoms with Crippen LogP contribution in [-0.2, 0) is 14.3 Å². The zero-order chi connectivity index (χ0) is 19.6. The van der Waals surface area contributed by atoms with Gasteiger partial charge in [-0.15, -0.1) is 0 Å². The highest BCUT2D eigenvalue weighted by Gasteiger charge is 2.19. The first-order valence-corrected chi connectivity index (χ1v) is 8.85. The molecule has 0 spiro atoms.